The highest BCUT2D eigenvalue weighted by Gasteiger charge is 2.42. The Kier molecular flexibility index (Phi) is 14.7. The molecule has 9 nitrogen and oxygen atoms in total. The van der Waals surface area contributed by atoms with Crippen LogP contribution in [-0.4, -0.2) is 121 Å². The van der Waals surface area contributed by atoms with Crippen LogP contribution in [0, 0.1) is 17.8 Å². The molecular weight excluding hydrogens is 476 g/mol. The minimum absolute atomic E-state index is 0.0508. The summed E-state index contributed by atoms with van der Waals surface area (Å²) in [6.45, 7) is 12.4. The summed E-state index contributed by atoms with van der Waals surface area (Å²) in [6, 6.07) is 0.0366. The van der Waals surface area contributed by atoms with E-state index in [2.05, 4.69) is 25.9 Å². The summed E-state index contributed by atoms with van der Waals surface area (Å²) in [5.41, 5.74) is -1.17. The third kappa shape index (κ3) is 11.2. The van der Waals surface area contributed by atoms with E-state index in [1.54, 1.807) is 0 Å². The van der Waals surface area contributed by atoms with Gasteiger partial charge < -0.3 is 44.1 Å². The molecule has 0 bridgehead atoms. The molecule has 1 rings (SSSR count). The molecule has 1 heterocycles. The van der Waals surface area contributed by atoms with Gasteiger partial charge in [0.2, 0.25) is 0 Å². The number of aliphatic hydroxyl groups excluding tert-OH is 2. The standard InChI is InChI=1S/C28H56N2O7/c1-18(16-31)11-20(3)27(37-25-13-23(29(7)8)12-21(4)36-25)28(6,34)14-19(2)15-30(9)22(5)26(33)24(32)17-35-10/h16,18-27,32-34H,11-15,17H2,1-10H3/t18?,19-,20+,21?,22?,23?,24?,25?,26?,27-,28-/m1/s1. The lowest BCUT2D eigenvalue weighted by Crippen LogP contribution is -2.52. The molecule has 0 radical (unpaired) electrons. The van der Waals surface area contributed by atoms with Gasteiger partial charge in [0.05, 0.1) is 30.5 Å². The summed E-state index contributed by atoms with van der Waals surface area (Å²) in [6.07, 6.45) is 0.848. The number of nitrogens with zero attached hydrogens (tertiary/aromatic N) is 2. The van der Waals surface area contributed by atoms with E-state index < -0.39 is 30.2 Å². The van der Waals surface area contributed by atoms with Crippen molar-refractivity contribution < 1.29 is 34.3 Å². The molecule has 1 aliphatic rings. The van der Waals surface area contributed by atoms with Crippen LogP contribution in [0.3, 0.4) is 0 Å². The van der Waals surface area contributed by atoms with Gasteiger partial charge in [0.15, 0.2) is 6.29 Å². The number of rotatable bonds is 17. The molecule has 37 heavy (non-hydrogen) atoms. The quantitative estimate of drug-likeness (QED) is 0.243. The van der Waals surface area contributed by atoms with Crippen LogP contribution in [0.25, 0.3) is 0 Å². The normalized spacial score (nSPS) is 28.2. The molecule has 9 heteroatoms. The van der Waals surface area contributed by atoms with Gasteiger partial charge in [0, 0.05) is 38.1 Å². The van der Waals surface area contributed by atoms with Crippen molar-refractivity contribution in [3.05, 3.63) is 0 Å². The SMILES string of the molecule is COCC(O)C(O)C(C)N(C)C[C@H](C)C[C@@](C)(O)[C@H](OC1CC(N(C)C)CC(C)O1)[C@@H](C)CC(C)C=O. The molecule has 11 atom stereocenters. The predicted octanol–water partition coefficient (Wildman–Crippen LogP) is 2.15. The second-order valence-electron chi connectivity index (χ2n) is 12.2. The highest BCUT2D eigenvalue weighted by atomic mass is 16.7. The first-order valence-electron chi connectivity index (χ1n) is 13.8. The molecular formula is C28H56N2O7. The van der Waals surface area contributed by atoms with Gasteiger partial charge in [-0.05, 0) is 73.0 Å². The van der Waals surface area contributed by atoms with E-state index in [0.29, 0.717) is 25.4 Å². The van der Waals surface area contributed by atoms with E-state index in [9.17, 15) is 20.1 Å². The molecule has 1 aliphatic heterocycles. The number of ether oxygens (including phenoxy) is 3. The zero-order chi connectivity index (χ0) is 28.5. The fraction of sp³-hybridized carbons (Fsp3) is 0.964. The molecule has 0 aromatic carbocycles. The predicted molar refractivity (Wildman–Crippen MR) is 145 cm³/mol. The first kappa shape index (κ1) is 34.4. The molecule has 7 unspecified atom stereocenters. The molecule has 0 aliphatic carbocycles. The third-order valence-electron chi connectivity index (χ3n) is 7.87. The summed E-state index contributed by atoms with van der Waals surface area (Å²) < 4.78 is 17.7. The first-order chi connectivity index (χ1) is 17.1. The number of carbonyl (C=O) groups excluding carboxylic acids is 1. The van der Waals surface area contributed by atoms with Crippen molar-refractivity contribution in [3.8, 4) is 0 Å². The lowest BCUT2D eigenvalue weighted by atomic mass is 9.79. The summed E-state index contributed by atoms with van der Waals surface area (Å²) in [7, 11) is 7.52. The van der Waals surface area contributed by atoms with Crippen molar-refractivity contribution >= 4 is 6.29 Å². The van der Waals surface area contributed by atoms with E-state index >= 15 is 0 Å². The number of likely N-dealkylation sites (N-methyl/N-ethyl adjacent to an activating group) is 1. The summed E-state index contributed by atoms with van der Waals surface area (Å²) >= 11 is 0. The maximum absolute atomic E-state index is 11.8. The summed E-state index contributed by atoms with van der Waals surface area (Å²) in [5, 5.41) is 32.4. The van der Waals surface area contributed by atoms with Crippen LogP contribution in [0.15, 0.2) is 0 Å². The van der Waals surface area contributed by atoms with Crippen molar-refractivity contribution in [3.63, 3.8) is 0 Å². The summed E-state index contributed by atoms with van der Waals surface area (Å²) in [4.78, 5) is 15.6. The lowest BCUT2D eigenvalue weighted by Gasteiger charge is -2.44. The van der Waals surface area contributed by atoms with E-state index in [0.717, 1.165) is 19.1 Å². The average molecular weight is 533 g/mol. The monoisotopic (exact) mass is 532 g/mol. The number of hydrogen-bond acceptors (Lipinski definition) is 9. The molecule has 0 spiro atoms. The minimum atomic E-state index is -1.17. The van der Waals surface area contributed by atoms with Gasteiger partial charge in [-0.2, -0.15) is 0 Å². The molecule has 1 fully saturated rings. The van der Waals surface area contributed by atoms with Crippen molar-refractivity contribution in [2.45, 2.75) is 116 Å². The van der Waals surface area contributed by atoms with Crippen LogP contribution < -0.4 is 0 Å². The Bertz CT molecular complexity index is 650. The Morgan fingerprint density at radius 3 is 2.30 bits per heavy atom. The first-order valence-corrected chi connectivity index (χ1v) is 13.8. The Hall–Kier alpha value is -0.650. The molecule has 220 valence electrons. The molecule has 0 aromatic heterocycles. The number of aliphatic hydroxyl groups is 3. The maximum atomic E-state index is 11.8. The smallest absolute Gasteiger partial charge is 0.159 e. The summed E-state index contributed by atoms with van der Waals surface area (Å²) in [5.74, 6) is -0.137. The van der Waals surface area contributed by atoms with E-state index in [1.807, 2.05) is 46.6 Å². The lowest BCUT2D eigenvalue weighted by molar-refractivity contribution is -0.261. The van der Waals surface area contributed by atoms with Gasteiger partial charge in [0.25, 0.3) is 0 Å². The molecule has 0 aromatic rings. The number of methoxy groups -OCH3 is 1. The Balaban J connectivity index is 2.98. The third-order valence-corrected chi connectivity index (χ3v) is 7.87. The van der Waals surface area contributed by atoms with Crippen LogP contribution in [-0.2, 0) is 19.0 Å². The van der Waals surface area contributed by atoms with E-state index in [4.69, 9.17) is 14.2 Å². The highest BCUT2D eigenvalue weighted by molar-refractivity contribution is 5.52. The van der Waals surface area contributed by atoms with Crippen molar-refractivity contribution in [2.24, 2.45) is 17.8 Å². The van der Waals surface area contributed by atoms with Crippen LogP contribution in [0.2, 0.25) is 0 Å². The van der Waals surface area contributed by atoms with Gasteiger partial charge in [-0.1, -0.05) is 20.8 Å². The van der Waals surface area contributed by atoms with Gasteiger partial charge in [-0.25, -0.2) is 0 Å². The topological polar surface area (TPSA) is 112 Å². The largest absolute Gasteiger partial charge is 0.389 e. The second kappa shape index (κ2) is 15.8. The van der Waals surface area contributed by atoms with Gasteiger partial charge in [-0.15, -0.1) is 0 Å². The van der Waals surface area contributed by atoms with Crippen molar-refractivity contribution in [1.82, 2.24) is 9.80 Å². The number of carbonyl (C=O) groups is 1. The Labute approximate surface area is 225 Å². The molecule has 3 N–H and O–H groups in total. The van der Waals surface area contributed by atoms with E-state index in [1.165, 1.54) is 7.11 Å². The second-order valence-corrected chi connectivity index (χ2v) is 12.2. The molecule has 0 saturated carbocycles. The average Bonchev–Trinajstić information content (AvgIpc) is 2.80. The van der Waals surface area contributed by atoms with Crippen LogP contribution in [0.4, 0.5) is 0 Å². The number of hydrogen-bond donors (Lipinski definition) is 3. The fourth-order valence-corrected chi connectivity index (χ4v) is 5.80. The number of aldehydes is 1. The Morgan fingerprint density at radius 2 is 1.76 bits per heavy atom. The maximum Gasteiger partial charge on any atom is 0.159 e. The van der Waals surface area contributed by atoms with E-state index in [-0.39, 0.29) is 36.5 Å². The van der Waals surface area contributed by atoms with Gasteiger partial charge in [-0.3, -0.25) is 0 Å². The zero-order valence-corrected chi connectivity index (χ0v) is 25.0. The minimum Gasteiger partial charge on any atom is -0.389 e. The van der Waals surface area contributed by atoms with Gasteiger partial charge in [0.1, 0.15) is 12.4 Å². The van der Waals surface area contributed by atoms with Crippen LogP contribution in [0.1, 0.15) is 67.2 Å². The highest BCUT2D eigenvalue weighted by Crippen LogP contribution is 2.34. The van der Waals surface area contributed by atoms with Gasteiger partial charge >= 0.3 is 0 Å². The Morgan fingerprint density at radius 1 is 1.14 bits per heavy atom. The van der Waals surface area contributed by atoms with Crippen molar-refractivity contribution in [1.29, 1.82) is 0 Å². The van der Waals surface area contributed by atoms with Crippen LogP contribution in [0.5, 0.6) is 0 Å². The zero-order valence-electron chi connectivity index (χ0n) is 25.0. The fourth-order valence-electron chi connectivity index (χ4n) is 5.80. The van der Waals surface area contributed by atoms with Crippen LogP contribution >= 0.6 is 0 Å². The molecule has 1 saturated heterocycles. The van der Waals surface area contributed by atoms with Crippen molar-refractivity contribution in [2.75, 3.05) is 41.4 Å². The molecule has 0 amide bonds.